The number of amides is 1. The molecular formula is C17H25NO3. The van der Waals surface area contributed by atoms with Crippen molar-refractivity contribution >= 4 is 11.6 Å². The van der Waals surface area contributed by atoms with Crippen LogP contribution in [0.1, 0.15) is 39.2 Å². The summed E-state index contributed by atoms with van der Waals surface area (Å²) in [5.74, 6) is 1.13. The third-order valence-corrected chi connectivity index (χ3v) is 3.98. The van der Waals surface area contributed by atoms with Crippen molar-refractivity contribution in [3.63, 3.8) is 0 Å². The van der Waals surface area contributed by atoms with Gasteiger partial charge in [0.15, 0.2) is 0 Å². The van der Waals surface area contributed by atoms with Crippen molar-refractivity contribution in [2.75, 3.05) is 18.5 Å². The Bertz CT molecular complexity index is 511. The van der Waals surface area contributed by atoms with E-state index in [2.05, 4.69) is 5.32 Å². The van der Waals surface area contributed by atoms with Crippen molar-refractivity contribution in [2.24, 2.45) is 5.92 Å². The lowest BCUT2D eigenvalue weighted by Gasteiger charge is -2.28. The van der Waals surface area contributed by atoms with Crippen LogP contribution in [0.5, 0.6) is 5.75 Å². The van der Waals surface area contributed by atoms with E-state index in [-0.39, 0.29) is 5.91 Å². The fourth-order valence-corrected chi connectivity index (χ4v) is 2.60. The Balaban J connectivity index is 2.09. The molecule has 1 saturated carbocycles. The van der Waals surface area contributed by atoms with Gasteiger partial charge in [0.2, 0.25) is 0 Å². The molecule has 1 atom stereocenters. The maximum absolute atomic E-state index is 12.6. The lowest BCUT2D eigenvalue weighted by atomic mass is 9.98. The number of carbonyl (C=O) groups excluding carboxylic acids is 1. The largest absolute Gasteiger partial charge is 0.494 e. The van der Waals surface area contributed by atoms with Crippen LogP contribution in [-0.2, 0) is 9.53 Å². The summed E-state index contributed by atoms with van der Waals surface area (Å²) < 4.78 is 11.3. The summed E-state index contributed by atoms with van der Waals surface area (Å²) in [4.78, 5) is 12.6. The molecule has 1 N–H and O–H groups in total. The molecule has 2 rings (SSSR count). The van der Waals surface area contributed by atoms with Crippen molar-refractivity contribution in [3.8, 4) is 5.75 Å². The lowest BCUT2D eigenvalue weighted by molar-refractivity contribution is -0.141. The summed E-state index contributed by atoms with van der Waals surface area (Å²) in [6.07, 6.45) is 2.12. The smallest absolute Gasteiger partial charge is 0.256 e. The Labute approximate surface area is 126 Å². The van der Waals surface area contributed by atoms with Gasteiger partial charge in [0, 0.05) is 12.3 Å². The minimum absolute atomic E-state index is 0.0598. The molecule has 4 nitrogen and oxygen atoms in total. The third kappa shape index (κ3) is 3.56. The van der Waals surface area contributed by atoms with Crippen LogP contribution in [0.15, 0.2) is 18.2 Å². The van der Waals surface area contributed by atoms with Gasteiger partial charge in [-0.25, -0.2) is 0 Å². The van der Waals surface area contributed by atoms with Gasteiger partial charge in [0.25, 0.3) is 5.91 Å². The molecule has 1 amide bonds. The number of carbonyl (C=O) groups is 1. The highest BCUT2D eigenvalue weighted by molar-refractivity contribution is 5.97. The van der Waals surface area contributed by atoms with E-state index in [0.717, 1.165) is 29.8 Å². The highest BCUT2D eigenvalue weighted by atomic mass is 16.5. The molecule has 0 unspecified atom stereocenters. The highest BCUT2D eigenvalue weighted by Gasteiger charge is 2.48. The van der Waals surface area contributed by atoms with Crippen molar-refractivity contribution < 1.29 is 14.3 Å². The van der Waals surface area contributed by atoms with E-state index in [9.17, 15) is 4.79 Å². The predicted octanol–water partition coefficient (Wildman–Crippen LogP) is 3.54. The topological polar surface area (TPSA) is 47.6 Å². The summed E-state index contributed by atoms with van der Waals surface area (Å²) in [6.45, 7) is 8.93. The van der Waals surface area contributed by atoms with Gasteiger partial charge >= 0.3 is 0 Å². The Morgan fingerprint density at radius 1 is 1.33 bits per heavy atom. The van der Waals surface area contributed by atoms with Crippen molar-refractivity contribution in [1.29, 1.82) is 0 Å². The summed E-state index contributed by atoms with van der Waals surface area (Å²) in [5.41, 5.74) is 1.08. The zero-order valence-corrected chi connectivity index (χ0v) is 13.4. The number of hydrogen-bond donors (Lipinski definition) is 1. The molecule has 116 valence electrons. The molecule has 0 radical (unpaired) electrons. The second-order valence-corrected chi connectivity index (χ2v) is 5.68. The molecule has 0 bridgehead atoms. The molecule has 0 aliphatic heterocycles. The Kier molecular flexibility index (Phi) is 4.88. The van der Waals surface area contributed by atoms with Crippen LogP contribution in [0.3, 0.4) is 0 Å². The van der Waals surface area contributed by atoms with Gasteiger partial charge in [-0.2, -0.15) is 0 Å². The zero-order valence-electron chi connectivity index (χ0n) is 13.4. The first-order valence-electron chi connectivity index (χ1n) is 7.70. The summed E-state index contributed by atoms with van der Waals surface area (Å²) in [7, 11) is 0. The monoisotopic (exact) mass is 291 g/mol. The second kappa shape index (κ2) is 6.48. The summed E-state index contributed by atoms with van der Waals surface area (Å²) in [5, 5.41) is 2.98. The summed E-state index contributed by atoms with van der Waals surface area (Å²) in [6, 6.07) is 5.70. The molecule has 1 aromatic carbocycles. The Morgan fingerprint density at radius 2 is 2.05 bits per heavy atom. The van der Waals surface area contributed by atoms with Gasteiger partial charge in [-0.1, -0.05) is 0 Å². The average molecular weight is 291 g/mol. The first kappa shape index (κ1) is 15.8. The molecule has 0 spiro atoms. The predicted molar refractivity (Wildman–Crippen MR) is 83.7 cm³/mol. The van der Waals surface area contributed by atoms with Gasteiger partial charge in [-0.15, -0.1) is 0 Å². The van der Waals surface area contributed by atoms with Crippen LogP contribution in [-0.4, -0.2) is 24.7 Å². The van der Waals surface area contributed by atoms with E-state index in [0.29, 0.717) is 19.1 Å². The van der Waals surface area contributed by atoms with E-state index < -0.39 is 5.60 Å². The van der Waals surface area contributed by atoms with E-state index in [4.69, 9.17) is 9.47 Å². The molecule has 1 aliphatic rings. The SMILES string of the molecule is CCOc1ccc(NC(=O)[C@](C)(OCC)C2CC2)cc1C. The number of nitrogens with one attached hydrogen (secondary N) is 1. The fraction of sp³-hybridized carbons (Fsp3) is 0.588. The molecule has 0 aromatic heterocycles. The molecule has 1 fully saturated rings. The van der Waals surface area contributed by atoms with Gasteiger partial charge in [0.05, 0.1) is 6.61 Å². The van der Waals surface area contributed by atoms with Crippen LogP contribution in [0, 0.1) is 12.8 Å². The van der Waals surface area contributed by atoms with E-state index in [1.807, 2.05) is 45.9 Å². The molecule has 21 heavy (non-hydrogen) atoms. The first-order chi connectivity index (χ1) is 10.0. The maximum Gasteiger partial charge on any atom is 0.256 e. The molecule has 1 aliphatic carbocycles. The quantitative estimate of drug-likeness (QED) is 0.836. The molecule has 0 heterocycles. The number of rotatable bonds is 7. The third-order valence-electron chi connectivity index (χ3n) is 3.98. The van der Waals surface area contributed by atoms with Crippen molar-refractivity contribution in [2.45, 2.75) is 46.1 Å². The lowest BCUT2D eigenvalue weighted by Crippen LogP contribution is -2.44. The number of benzene rings is 1. The standard InChI is InChI=1S/C17H25NO3/c1-5-20-15-10-9-14(11-12(15)3)18-16(19)17(4,21-6-2)13-7-8-13/h9-11,13H,5-8H2,1-4H3,(H,18,19)/t17-/m1/s1. The number of ether oxygens (including phenoxy) is 2. The Hall–Kier alpha value is -1.55. The van der Waals surface area contributed by atoms with Gasteiger partial charge < -0.3 is 14.8 Å². The number of aryl methyl sites for hydroxylation is 1. The van der Waals surface area contributed by atoms with E-state index in [1.165, 1.54) is 0 Å². The normalized spacial score (nSPS) is 17.1. The molecule has 4 heteroatoms. The van der Waals surface area contributed by atoms with Crippen LogP contribution in [0.4, 0.5) is 5.69 Å². The highest BCUT2D eigenvalue weighted by Crippen LogP contribution is 2.42. The van der Waals surface area contributed by atoms with Gasteiger partial charge in [0.1, 0.15) is 11.4 Å². The van der Waals surface area contributed by atoms with Crippen LogP contribution < -0.4 is 10.1 Å². The van der Waals surface area contributed by atoms with E-state index in [1.54, 1.807) is 0 Å². The van der Waals surface area contributed by atoms with Crippen molar-refractivity contribution in [3.05, 3.63) is 23.8 Å². The van der Waals surface area contributed by atoms with Gasteiger partial charge in [-0.05, 0) is 70.2 Å². The fourth-order valence-electron chi connectivity index (χ4n) is 2.60. The second-order valence-electron chi connectivity index (χ2n) is 5.68. The van der Waals surface area contributed by atoms with Gasteiger partial charge in [-0.3, -0.25) is 4.79 Å². The zero-order chi connectivity index (χ0) is 15.5. The number of hydrogen-bond acceptors (Lipinski definition) is 3. The van der Waals surface area contributed by atoms with Crippen LogP contribution >= 0.6 is 0 Å². The molecule has 1 aromatic rings. The van der Waals surface area contributed by atoms with Crippen molar-refractivity contribution in [1.82, 2.24) is 0 Å². The first-order valence-corrected chi connectivity index (χ1v) is 7.70. The molecule has 0 saturated heterocycles. The van der Waals surface area contributed by atoms with Crippen LogP contribution in [0.25, 0.3) is 0 Å². The number of anilines is 1. The van der Waals surface area contributed by atoms with Crippen LogP contribution in [0.2, 0.25) is 0 Å². The molecular weight excluding hydrogens is 266 g/mol. The van der Waals surface area contributed by atoms with E-state index >= 15 is 0 Å². The Morgan fingerprint density at radius 3 is 2.57 bits per heavy atom. The average Bonchev–Trinajstić information content (AvgIpc) is 3.27. The minimum Gasteiger partial charge on any atom is -0.494 e. The summed E-state index contributed by atoms with van der Waals surface area (Å²) >= 11 is 0. The minimum atomic E-state index is -0.721. The maximum atomic E-state index is 12.6.